The summed E-state index contributed by atoms with van der Waals surface area (Å²) in [7, 11) is 0. The number of nitrogens with one attached hydrogen (secondary N) is 2. The SMILES string of the molecule is NCCCCC(OC(=O)CCCC[C@H]1SC[C@H]2NC(=O)N(NN)[C@H]21)C(=O)O. The molecule has 0 aromatic heterocycles. The molecule has 0 bridgehead atoms. The summed E-state index contributed by atoms with van der Waals surface area (Å²) in [6.45, 7) is 0.486. The fourth-order valence-electron chi connectivity index (χ4n) is 3.46. The molecule has 0 aromatic rings. The third kappa shape index (κ3) is 5.96. The van der Waals surface area contributed by atoms with Crippen molar-refractivity contribution in [2.24, 2.45) is 11.6 Å². The van der Waals surface area contributed by atoms with E-state index in [4.69, 9.17) is 21.4 Å². The third-order valence-corrected chi connectivity index (χ3v) is 6.33. The summed E-state index contributed by atoms with van der Waals surface area (Å²) >= 11 is 1.78. The summed E-state index contributed by atoms with van der Waals surface area (Å²) in [5.74, 6) is 4.66. The van der Waals surface area contributed by atoms with Crippen LogP contribution in [0.25, 0.3) is 0 Å². The highest BCUT2D eigenvalue weighted by molar-refractivity contribution is 8.00. The zero-order valence-corrected chi connectivity index (χ0v) is 16.1. The van der Waals surface area contributed by atoms with E-state index in [1.165, 1.54) is 5.01 Å². The molecule has 0 saturated carbocycles. The van der Waals surface area contributed by atoms with Crippen LogP contribution in [-0.2, 0) is 14.3 Å². The molecule has 10 nitrogen and oxygen atoms in total. The lowest BCUT2D eigenvalue weighted by atomic mass is 10.0. The third-order valence-electron chi connectivity index (χ3n) is 4.84. The summed E-state index contributed by atoms with van der Waals surface area (Å²) in [4.78, 5) is 34.8. The van der Waals surface area contributed by atoms with Gasteiger partial charge in [0.15, 0.2) is 6.10 Å². The van der Waals surface area contributed by atoms with Gasteiger partial charge in [-0.05, 0) is 38.6 Å². The van der Waals surface area contributed by atoms with Crippen molar-refractivity contribution in [2.75, 3.05) is 12.3 Å². The molecular formula is C16H29N5O5S. The largest absolute Gasteiger partial charge is 0.479 e. The molecule has 0 aromatic carbocycles. The van der Waals surface area contributed by atoms with E-state index in [1.807, 2.05) is 0 Å². The summed E-state index contributed by atoms with van der Waals surface area (Å²) < 4.78 is 5.07. The number of amides is 2. The van der Waals surface area contributed by atoms with E-state index >= 15 is 0 Å². The van der Waals surface area contributed by atoms with Crippen LogP contribution in [0.3, 0.4) is 0 Å². The van der Waals surface area contributed by atoms with Crippen molar-refractivity contribution in [3.8, 4) is 0 Å². The minimum absolute atomic E-state index is 0.00149. The van der Waals surface area contributed by atoms with Gasteiger partial charge in [0.2, 0.25) is 0 Å². The molecule has 27 heavy (non-hydrogen) atoms. The first kappa shape index (κ1) is 21.7. The lowest BCUT2D eigenvalue weighted by Crippen LogP contribution is -2.52. The summed E-state index contributed by atoms with van der Waals surface area (Å²) in [6, 6.07) is -0.132. The number of hydrogen-bond donors (Lipinski definition) is 5. The Morgan fingerprint density at radius 1 is 1.37 bits per heavy atom. The standard InChI is InChI=1S/C16H29N5O5S/c17-8-4-3-5-11(15(23)24)26-13(22)7-2-1-6-12-14-10(9-27-12)19-16(25)21(14)20-18/h10-12,14,20H,1-9,17-18H2,(H,19,25)(H,23,24)/t10-,11?,12-,14-/m1/s1. The minimum Gasteiger partial charge on any atom is -0.479 e. The number of carbonyl (C=O) groups is 3. The molecule has 0 spiro atoms. The molecule has 1 unspecified atom stereocenters. The second-order valence-electron chi connectivity index (χ2n) is 6.76. The van der Waals surface area contributed by atoms with Crippen molar-refractivity contribution >= 4 is 29.7 Å². The maximum atomic E-state index is 11.9. The number of aliphatic carboxylic acids is 1. The van der Waals surface area contributed by atoms with Crippen molar-refractivity contribution in [3.05, 3.63) is 0 Å². The van der Waals surface area contributed by atoms with Gasteiger partial charge in [-0.1, -0.05) is 6.42 Å². The first-order valence-electron chi connectivity index (χ1n) is 9.27. The molecule has 2 amide bonds. The number of unbranched alkanes of at least 4 members (excludes halogenated alkanes) is 2. The van der Waals surface area contributed by atoms with Crippen molar-refractivity contribution < 1.29 is 24.2 Å². The van der Waals surface area contributed by atoms with Gasteiger partial charge in [-0.25, -0.2) is 14.6 Å². The van der Waals surface area contributed by atoms with E-state index < -0.39 is 18.0 Å². The van der Waals surface area contributed by atoms with Gasteiger partial charge in [0.25, 0.3) is 0 Å². The van der Waals surface area contributed by atoms with Crippen LogP contribution in [0.5, 0.6) is 0 Å². The number of urea groups is 1. The Balaban J connectivity index is 1.68. The number of hydrazine groups is 2. The molecular weight excluding hydrogens is 374 g/mol. The average molecular weight is 404 g/mol. The summed E-state index contributed by atoms with van der Waals surface area (Å²) in [5.41, 5.74) is 7.84. The molecule has 2 fully saturated rings. The summed E-state index contributed by atoms with van der Waals surface area (Å²) in [6.07, 6.45) is 2.91. The van der Waals surface area contributed by atoms with E-state index in [2.05, 4.69) is 10.9 Å². The lowest BCUT2D eigenvalue weighted by molar-refractivity contribution is -0.164. The molecule has 2 rings (SSSR count). The molecule has 7 N–H and O–H groups in total. The number of rotatable bonds is 12. The Kier molecular flexibility index (Phi) is 8.61. The number of fused-ring (bicyclic) bond motifs is 1. The highest BCUT2D eigenvalue weighted by Gasteiger charge is 2.48. The topological polar surface area (TPSA) is 160 Å². The minimum atomic E-state index is -1.12. The van der Waals surface area contributed by atoms with Gasteiger partial charge in [0.1, 0.15) is 0 Å². The normalized spacial score (nSPS) is 25.2. The average Bonchev–Trinajstić information content (AvgIpc) is 3.15. The second kappa shape index (κ2) is 10.7. The Morgan fingerprint density at radius 2 is 2.15 bits per heavy atom. The molecule has 2 aliphatic rings. The predicted octanol–water partition coefficient (Wildman–Crippen LogP) is -0.0717. The number of nitrogens with zero attached hydrogens (tertiary/aromatic N) is 1. The zero-order valence-electron chi connectivity index (χ0n) is 15.3. The number of carboxylic acids is 1. The van der Waals surface area contributed by atoms with Crippen LogP contribution in [0.2, 0.25) is 0 Å². The van der Waals surface area contributed by atoms with Crippen LogP contribution in [0.4, 0.5) is 4.79 Å². The van der Waals surface area contributed by atoms with E-state index in [-0.39, 0.29) is 36.2 Å². The van der Waals surface area contributed by atoms with Gasteiger partial charge in [-0.15, -0.1) is 0 Å². The van der Waals surface area contributed by atoms with E-state index in [0.717, 1.165) is 18.6 Å². The second-order valence-corrected chi connectivity index (χ2v) is 8.04. The van der Waals surface area contributed by atoms with Gasteiger partial charge in [0, 0.05) is 17.4 Å². The van der Waals surface area contributed by atoms with Gasteiger partial charge in [0.05, 0.1) is 12.1 Å². The van der Waals surface area contributed by atoms with Crippen LogP contribution < -0.4 is 22.4 Å². The number of hydrogen-bond acceptors (Lipinski definition) is 8. The Morgan fingerprint density at radius 3 is 2.81 bits per heavy atom. The quantitative estimate of drug-likeness (QED) is 0.0987. The monoisotopic (exact) mass is 403 g/mol. The molecule has 0 radical (unpaired) electrons. The van der Waals surface area contributed by atoms with Crippen LogP contribution in [0.1, 0.15) is 44.9 Å². The smallest absolute Gasteiger partial charge is 0.345 e. The van der Waals surface area contributed by atoms with Gasteiger partial charge >= 0.3 is 18.0 Å². The Labute approximate surface area is 162 Å². The highest BCUT2D eigenvalue weighted by atomic mass is 32.2. The predicted molar refractivity (Wildman–Crippen MR) is 100 cm³/mol. The molecule has 2 saturated heterocycles. The van der Waals surface area contributed by atoms with Gasteiger partial charge in [-0.3, -0.25) is 10.6 Å². The van der Waals surface area contributed by atoms with Crippen molar-refractivity contribution in [3.63, 3.8) is 0 Å². The number of ether oxygens (including phenoxy) is 1. The van der Waals surface area contributed by atoms with E-state index in [1.54, 1.807) is 11.8 Å². The number of esters is 1. The van der Waals surface area contributed by atoms with Crippen molar-refractivity contribution in [1.29, 1.82) is 0 Å². The van der Waals surface area contributed by atoms with Crippen molar-refractivity contribution in [2.45, 2.75) is 68.4 Å². The Hall–Kier alpha value is -1.56. The molecule has 4 atom stereocenters. The lowest BCUT2D eigenvalue weighted by Gasteiger charge is -2.25. The first-order valence-corrected chi connectivity index (χ1v) is 10.3. The van der Waals surface area contributed by atoms with Crippen LogP contribution in [0.15, 0.2) is 0 Å². The molecule has 2 heterocycles. The molecule has 2 aliphatic heterocycles. The van der Waals surface area contributed by atoms with Gasteiger partial charge < -0.3 is 20.9 Å². The number of thioether (sulfide) groups is 1. The Bertz CT molecular complexity index is 537. The highest BCUT2D eigenvalue weighted by Crippen LogP contribution is 2.36. The fraction of sp³-hybridized carbons (Fsp3) is 0.812. The number of nitrogens with two attached hydrogens (primary N) is 2. The van der Waals surface area contributed by atoms with Crippen molar-refractivity contribution in [1.82, 2.24) is 15.9 Å². The molecule has 11 heteroatoms. The van der Waals surface area contributed by atoms with Crippen LogP contribution >= 0.6 is 11.8 Å². The maximum absolute atomic E-state index is 11.9. The van der Waals surface area contributed by atoms with E-state index in [9.17, 15) is 14.4 Å². The van der Waals surface area contributed by atoms with Crippen LogP contribution in [0, 0.1) is 0 Å². The first-order chi connectivity index (χ1) is 13.0. The van der Waals surface area contributed by atoms with E-state index in [0.29, 0.717) is 25.8 Å². The number of carbonyl (C=O) groups excluding carboxylic acids is 2. The fourth-order valence-corrected chi connectivity index (χ4v) is 5.04. The zero-order chi connectivity index (χ0) is 19.8. The maximum Gasteiger partial charge on any atom is 0.345 e. The number of carboxylic acid groups (broad SMARTS) is 1. The van der Waals surface area contributed by atoms with Gasteiger partial charge in [-0.2, -0.15) is 17.3 Å². The summed E-state index contributed by atoms with van der Waals surface area (Å²) in [5, 5.41) is 13.7. The van der Waals surface area contributed by atoms with Crippen LogP contribution in [-0.4, -0.2) is 63.8 Å². The molecule has 0 aliphatic carbocycles. The molecule has 154 valence electrons.